The normalized spacial score (nSPS) is 27.0. The van der Waals surface area contributed by atoms with Gasteiger partial charge in [-0.25, -0.2) is 18.1 Å². The molecule has 3 amide bonds. The Hall–Kier alpha value is -2.61. The number of nitrogens with one attached hydrogen (secondary N) is 2. The third kappa shape index (κ3) is 4.94. The third-order valence-corrected chi connectivity index (χ3v) is 13.2. The fourth-order valence-corrected chi connectivity index (χ4v) is 10.7. The lowest BCUT2D eigenvalue weighted by Crippen LogP contribution is -2.52. The van der Waals surface area contributed by atoms with Gasteiger partial charge in [-0.05, 0) is 48.3 Å². The standard InChI is InChI=1S/C28H32N4O6S3/c1-27(2)16-8-9-28(27,22(33)10-16)15-41(37,38)29-11-17-13-40-24(30-17)14-39-21-5-3-4-18-19(21)12-32(26(18)36)20-6-7-23(34)31-25(20)35/h3-5,13,16,20,29H,6-12,14-15H2,1-2H3,(H,31,34,35). The summed E-state index contributed by atoms with van der Waals surface area (Å²) in [6, 6.07) is 4.85. The number of ketones is 1. The van der Waals surface area contributed by atoms with Gasteiger partial charge in [0.15, 0.2) is 0 Å². The van der Waals surface area contributed by atoms with Crippen molar-refractivity contribution in [1.29, 1.82) is 0 Å². The zero-order valence-corrected chi connectivity index (χ0v) is 25.3. The van der Waals surface area contributed by atoms with Crippen LogP contribution >= 0.6 is 23.1 Å². The number of fused-ring (bicyclic) bond motifs is 3. The number of hydrogen-bond donors (Lipinski definition) is 2. The van der Waals surface area contributed by atoms with Crippen LogP contribution in [0, 0.1) is 16.7 Å². The molecule has 0 spiro atoms. The summed E-state index contributed by atoms with van der Waals surface area (Å²) in [7, 11) is -3.69. The molecule has 10 nitrogen and oxygen atoms in total. The maximum absolute atomic E-state index is 13.1. The molecular weight excluding hydrogens is 585 g/mol. The van der Waals surface area contributed by atoms with E-state index in [1.54, 1.807) is 6.07 Å². The molecule has 1 aromatic carbocycles. The Morgan fingerprint density at radius 2 is 2.00 bits per heavy atom. The average molecular weight is 617 g/mol. The van der Waals surface area contributed by atoms with Gasteiger partial charge in [-0.3, -0.25) is 24.5 Å². The minimum absolute atomic E-state index is 0.0633. The molecule has 2 saturated carbocycles. The first kappa shape index (κ1) is 28.5. The number of piperidine rings is 1. The average Bonchev–Trinajstić information content (AvgIpc) is 3.61. The highest BCUT2D eigenvalue weighted by atomic mass is 32.2. The van der Waals surface area contributed by atoms with Gasteiger partial charge in [-0.1, -0.05) is 19.9 Å². The molecule has 3 fully saturated rings. The van der Waals surface area contributed by atoms with Crippen LogP contribution in [0.5, 0.6) is 0 Å². The lowest BCUT2D eigenvalue weighted by molar-refractivity contribution is -0.137. The molecule has 2 bridgehead atoms. The van der Waals surface area contributed by atoms with E-state index in [0.29, 0.717) is 42.8 Å². The van der Waals surface area contributed by atoms with E-state index >= 15 is 0 Å². The van der Waals surface area contributed by atoms with Crippen LogP contribution in [0.25, 0.3) is 0 Å². The molecule has 13 heteroatoms. The number of nitrogens with zero attached hydrogens (tertiary/aromatic N) is 2. The number of Topliss-reactive ketones (excluding diaryl/α,β-unsaturated/α-hetero) is 1. The summed E-state index contributed by atoms with van der Waals surface area (Å²) in [6.45, 7) is 4.42. The largest absolute Gasteiger partial charge is 0.322 e. The van der Waals surface area contributed by atoms with Crippen molar-refractivity contribution in [3.63, 3.8) is 0 Å². The fourth-order valence-electron chi connectivity index (χ4n) is 7.00. The van der Waals surface area contributed by atoms with Gasteiger partial charge >= 0.3 is 0 Å². The molecule has 41 heavy (non-hydrogen) atoms. The Labute approximate surface area is 247 Å². The van der Waals surface area contributed by atoms with Gasteiger partial charge in [0.05, 0.1) is 23.7 Å². The highest BCUT2D eigenvalue weighted by Crippen LogP contribution is 2.64. The van der Waals surface area contributed by atoms with Crippen molar-refractivity contribution in [1.82, 2.24) is 19.9 Å². The number of benzene rings is 1. The summed E-state index contributed by atoms with van der Waals surface area (Å²) in [6.07, 6.45) is 2.52. The Morgan fingerprint density at radius 1 is 1.20 bits per heavy atom. The first-order valence-corrected chi connectivity index (χ1v) is 17.3. The minimum atomic E-state index is -3.69. The smallest absolute Gasteiger partial charge is 0.255 e. The molecule has 0 radical (unpaired) electrons. The predicted molar refractivity (Wildman–Crippen MR) is 153 cm³/mol. The summed E-state index contributed by atoms with van der Waals surface area (Å²) in [5.41, 5.74) is 0.912. The maximum atomic E-state index is 13.1. The lowest BCUT2D eigenvalue weighted by atomic mass is 9.70. The first-order valence-electron chi connectivity index (χ1n) is 13.7. The van der Waals surface area contributed by atoms with E-state index in [1.807, 2.05) is 31.4 Å². The number of carbonyl (C=O) groups is 4. The molecule has 3 atom stereocenters. The zero-order chi connectivity index (χ0) is 29.2. The SMILES string of the molecule is CC1(C)C2CCC1(CS(=O)(=O)NCc1csc(CSc3cccc4c3CN(C3CCC(=O)NC3=O)C4=O)n1)C(=O)C2. The number of sulfonamides is 1. The van der Waals surface area contributed by atoms with Crippen molar-refractivity contribution in [2.45, 2.75) is 75.7 Å². The molecule has 218 valence electrons. The van der Waals surface area contributed by atoms with Gasteiger partial charge in [0.25, 0.3) is 5.91 Å². The number of imide groups is 1. The van der Waals surface area contributed by atoms with Crippen molar-refractivity contribution < 1.29 is 27.6 Å². The highest BCUT2D eigenvalue weighted by Gasteiger charge is 2.65. The number of rotatable bonds is 9. The van der Waals surface area contributed by atoms with Crippen LogP contribution < -0.4 is 10.0 Å². The van der Waals surface area contributed by atoms with Crippen LogP contribution in [-0.4, -0.2) is 53.6 Å². The molecule has 6 rings (SSSR count). The van der Waals surface area contributed by atoms with Crippen molar-refractivity contribution in [2.24, 2.45) is 16.7 Å². The third-order valence-electron chi connectivity index (χ3n) is 9.54. The molecule has 2 aromatic rings. The van der Waals surface area contributed by atoms with Crippen molar-refractivity contribution >= 4 is 56.6 Å². The summed E-state index contributed by atoms with van der Waals surface area (Å²) in [5, 5.41) is 4.97. The highest BCUT2D eigenvalue weighted by molar-refractivity contribution is 7.98. The molecule has 2 N–H and O–H groups in total. The summed E-state index contributed by atoms with van der Waals surface area (Å²) in [5.74, 6) is -0.276. The van der Waals surface area contributed by atoms with Gasteiger partial charge in [0, 0.05) is 40.6 Å². The molecule has 4 aliphatic rings. The summed E-state index contributed by atoms with van der Waals surface area (Å²) >= 11 is 2.97. The Balaban J connectivity index is 1.07. The van der Waals surface area contributed by atoms with Gasteiger partial charge in [0.1, 0.15) is 16.8 Å². The molecule has 2 aliphatic carbocycles. The second-order valence-corrected chi connectivity index (χ2v) is 15.7. The van der Waals surface area contributed by atoms with E-state index in [2.05, 4.69) is 15.0 Å². The molecule has 3 heterocycles. The van der Waals surface area contributed by atoms with Crippen LogP contribution in [0.4, 0.5) is 0 Å². The molecule has 1 saturated heterocycles. The molecule has 3 unspecified atom stereocenters. The quantitative estimate of drug-likeness (QED) is 0.324. The zero-order valence-electron chi connectivity index (χ0n) is 22.9. The Kier molecular flexibility index (Phi) is 7.15. The van der Waals surface area contributed by atoms with Crippen LogP contribution in [0.15, 0.2) is 28.5 Å². The number of hydrogen-bond acceptors (Lipinski definition) is 9. The van der Waals surface area contributed by atoms with E-state index in [0.717, 1.165) is 21.9 Å². The molecule has 1 aromatic heterocycles. The second-order valence-electron chi connectivity index (χ2n) is 12.0. The van der Waals surface area contributed by atoms with Gasteiger partial charge < -0.3 is 4.90 Å². The minimum Gasteiger partial charge on any atom is -0.322 e. The van der Waals surface area contributed by atoms with Gasteiger partial charge in [-0.15, -0.1) is 23.1 Å². The van der Waals surface area contributed by atoms with E-state index in [9.17, 15) is 27.6 Å². The van der Waals surface area contributed by atoms with Crippen molar-refractivity contribution in [3.8, 4) is 0 Å². The predicted octanol–water partition coefficient (Wildman–Crippen LogP) is 3.01. The van der Waals surface area contributed by atoms with Crippen LogP contribution in [0.3, 0.4) is 0 Å². The van der Waals surface area contributed by atoms with Crippen molar-refractivity contribution in [2.75, 3.05) is 5.75 Å². The fraction of sp³-hybridized carbons (Fsp3) is 0.536. The van der Waals surface area contributed by atoms with Gasteiger partial charge in [-0.2, -0.15) is 0 Å². The summed E-state index contributed by atoms with van der Waals surface area (Å²) < 4.78 is 28.7. The number of thioether (sulfide) groups is 1. The topological polar surface area (TPSA) is 143 Å². The summed E-state index contributed by atoms with van der Waals surface area (Å²) in [4.78, 5) is 56.8. The van der Waals surface area contributed by atoms with Crippen LogP contribution in [0.1, 0.15) is 72.6 Å². The van der Waals surface area contributed by atoms with Crippen LogP contribution in [0.2, 0.25) is 0 Å². The number of thiazole rings is 1. The number of aromatic nitrogens is 1. The van der Waals surface area contributed by atoms with Gasteiger partial charge in [0.2, 0.25) is 21.8 Å². The van der Waals surface area contributed by atoms with E-state index in [4.69, 9.17) is 0 Å². The maximum Gasteiger partial charge on any atom is 0.255 e. The number of amides is 3. The second kappa shape index (κ2) is 10.3. The molecule has 2 aliphatic heterocycles. The monoisotopic (exact) mass is 616 g/mol. The van der Waals surface area contributed by atoms with E-state index in [-0.39, 0.29) is 47.6 Å². The molecular formula is C28H32N4O6S3. The van der Waals surface area contributed by atoms with Crippen LogP contribution in [-0.2, 0) is 43.2 Å². The Morgan fingerprint density at radius 3 is 2.71 bits per heavy atom. The lowest BCUT2D eigenvalue weighted by Gasteiger charge is -2.36. The number of carbonyl (C=O) groups excluding carboxylic acids is 4. The van der Waals surface area contributed by atoms with E-state index < -0.39 is 27.4 Å². The Bertz CT molecular complexity index is 1570. The van der Waals surface area contributed by atoms with Crippen molar-refractivity contribution in [3.05, 3.63) is 45.4 Å². The first-order chi connectivity index (χ1) is 19.4. The van der Waals surface area contributed by atoms with E-state index in [1.165, 1.54) is 28.0 Å².